The van der Waals surface area contributed by atoms with Crippen LogP contribution in [0.2, 0.25) is 0 Å². The van der Waals surface area contributed by atoms with Crippen LogP contribution in [0.5, 0.6) is 0 Å². The zero-order valence-corrected chi connectivity index (χ0v) is 12.4. The van der Waals surface area contributed by atoms with Crippen LogP contribution in [-0.2, 0) is 0 Å². The first-order chi connectivity index (χ1) is 8.71. The van der Waals surface area contributed by atoms with E-state index in [1.807, 2.05) is 6.92 Å². The first-order valence-electron chi connectivity index (χ1n) is 7.05. The van der Waals surface area contributed by atoms with Gasteiger partial charge in [-0.2, -0.15) is 0 Å². The molecule has 0 aromatic heterocycles. The molecule has 1 unspecified atom stereocenters. The van der Waals surface area contributed by atoms with Crippen molar-refractivity contribution in [2.75, 3.05) is 0 Å². The predicted molar refractivity (Wildman–Crippen MR) is 84.7 cm³/mol. The maximum Gasteiger partial charge on any atom is 0.00777 e. The molecule has 100 valence electrons. The van der Waals surface area contributed by atoms with E-state index >= 15 is 0 Å². The smallest absolute Gasteiger partial charge is 0.00777 e. The highest BCUT2D eigenvalue weighted by Gasteiger charge is 2.11. The van der Waals surface area contributed by atoms with E-state index in [1.165, 1.54) is 17.6 Å². The lowest BCUT2D eigenvalue weighted by Crippen LogP contribution is -2.03. The lowest BCUT2D eigenvalue weighted by molar-refractivity contribution is 0.715. The molecule has 1 aliphatic rings. The van der Waals surface area contributed by atoms with Gasteiger partial charge in [-0.25, -0.2) is 0 Å². The van der Waals surface area contributed by atoms with Gasteiger partial charge in [-0.3, -0.25) is 0 Å². The molecule has 0 aromatic rings. The normalized spacial score (nSPS) is 15.7. The maximum absolute atomic E-state index is 4.14. The summed E-state index contributed by atoms with van der Waals surface area (Å²) in [4.78, 5) is 0. The number of rotatable bonds is 4. The van der Waals surface area contributed by atoms with Crippen LogP contribution in [0.4, 0.5) is 0 Å². The largest absolute Gasteiger partial charge is 0.0952 e. The minimum absolute atomic E-state index is 0.470. The Morgan fingerprint density at radius 3 is 2.56 bits per heavy atom. The number of hydrogen-bond donors (Lipinski definition) is 0. The van der Waals surface area contributed by atoms with Crippen molar-refractivity contribution in [3.05, 3.63) is 60.3 Å². The Balaban J connectivity index is 0.000000873. The minimum atomic E-state index is 0.470. The molecule has 1 atom stereocenters. The Labute approximate surface area is 113 Å². The molecule has 0 saturated carbocycles. The van der Waals surface area contributed by atoms with E-state index in [2.05, 4.69) is 69.9 Å². The van der Waals surface area contributed by atoms with Crippen LogP contribution in [-0.4, -0.2) is 0 Å². The summed E-state index contributed by atoms with van der Waals surface area (Å²) in [5.41, 5.74) is 2.60. The predicted octanol–water partition coefficient (Wildman–Crippen LogP) is 6.00. The van der Waals surface area contributed by atoms with Gasteiger partial charge in [-0.05, 0) is 30.9 Å². The molecule has 1 rings (SSSR count). The zero-order chi connectivity index (χ0) is 13.8. The summed E-state index contributed by atoms with van der Waals surface area (Å²) in [6.45, 7) is 12.6. The minimum Gasteiger partial charge on any atom is -0.0952 e. The number of allylic oxidation sites excluding steroid dienone is 9. The summed E-state index contributed by atoms with van der Waals surface area (Å²) < 4.78 is 0. The lowest BCUT2D eigenvalue weighted by atomic mass is 9.88. The molecule has 0 nitrogen and oxygen atoms in total. The van der Waals surface area contributed by atoms with E-state index in [0.29, 0.717) is 5.92 Å². The van der Waals surface area contributed by atoms with Gasteiger partial charge >= 0.3 is 0 Å². The second-order valence-electron chi connectivity index (χ2n) is 4.47. The molecule has 18 heavy (non-hydrogen) atoms. The Bertz CT molecular complexity index is 337. The first kappa shape index (κ1) is 16.7. The molecule has 0 radical (unpaired) electrons. The number of hydrogen-bond acceptors (Lipinski definition) is 0. The molecule has 0 fully saturated rings. The molecular weight excluding hydrogens is 216 g/mol. The second kappa shape index (κ2) is 10.8. The molecule has 0 aliphatic heterocycles. The Kier molecular flexibility index (Phi) is 10.0. The maximum atomic E-state index is 4.14. The molecule has 0 amide bonds. The third-order valence-corrected chi connectivity index (χ3v) is 2.66. The summed E-state index contributed by atoms with van der Waals surface area (Å²) in [6, 6.07) is 0. The van der Waals surface area contributed by atoms with Gasteiger partial charge in [0.15, 0.2) is 0 Å². The molecule has 0 saturated heterocycles. The van der Waals surface area contributed by atoms with Crippen molar-refractivity contribution in [2.24, 2.45) is 5.92 Å². The summed E-state index contributed by atoms with van der Waals surface area (Å²) >= 11 is 0. The van der Waals surface area contributed by atoms with Crippen molar-refractivity contribution in [3.8, 4) is 0 Å². The monoisotopic (exact) mass is 244 g/mol. The molecule has 1 aliphatic carbocycles. The van der Waals surface area contributed by atoms with Crippen LogP contribution in [0.1, 0.15) is 47.0 Å². The van der Waals surface area contributed by atoms with Crippen LogP contribution < -0.4 is 0 Å². The summed E-state index contributed by atoms with van der Waals surface area (Å²) in [6.07, 6.45) is 18.5. The van der Waals surface area contributed by atoms with Gasteiger partial charge in [0.1, 0.15) is 0 Å². The van der Waals surface area contributed by atoms with Crippen molar-refractivity contribution in [2.45, 2.75) is 47.0 Å². The Morgan fingerprint density at radius 2 is 2.00 bits per heavy atom. The molecule has 0 aromatic carbocycles. The quantitative estimate of drug-likeness (QED) is 0.532. The van der Waals surface area contributed by atoms with Crippen molar-refractivity contribution in [1.82, 2.24) is 0 Å². The van der Waals surface area contributed by atoms with Crippen LogP contribution in [0.15, 0.2) is 60.3 Å². The molecule has 0 heterocycles. The summed E-state index contributed by atoms with van der Waals surface area (Å²) in [5.74, 6) is 0.470. The molecule has 0 spiro atoms. The highest BCUT2D eigenvalue weighted by Crippen LogP contribution is 2.26. The van der Waals surface area contributed by atoms with Gasteiger partial charge in [0, 0.05) is 5.92 Å². The first-order valence-corrected chi connectivity index (χ1v) is 7.05. The second-order valence-corrected chi connectivity index (χ2v) is 4.47. The van der Waals surface area contributed by atoms with Gasteiger partial charge in [-0.1, -0.05) is 76.3 Å². The highest BCUT2D eigenvalue weighted by atomic mass is 14.2. The Hall–Kier alpha value is -1.30. The Morgan fingerprint density at radius 1 is 1.33 bits per heavy atom. The third-order valence-electron chi connectivity index (χ3n) is 2.66. The van der Waals surface area contributed by atoms with E-state index in [4.69, 9.17) is 0 Å². The van der Waals surface area contributed by atoms with Crippen LogP contribution in [0, 0.1) is 5.92 Å². The van der Waals surface area contributed by atoms with Crippen LogP contribution >= 0.6 is 0 Å². The van der Waals surface area contributed by atoms with E-state index in [9.17, 15) is 0 Å². The van der Waals surface area contributed by atoms with E-state index < -0.39 is 0 Å². The molecule has 0 bridgehead atoms. The molecular formula is C18H28. The van der Waals surface area contributed by atoms with Gasteiger partial charge in [-0.15, -0.1) is 0 Å². The van der Waals surface area contributed by atoms with Gasteiger partial charge in [0.2, 0.25) is 0 Å². The van der Waals surface area contributed by atoms with Crippen molar-refractivity contribution in [1.29, 1.82) is 0 Å². The topological polar surface area (TPSA) is 0 Å². The molecule has 0 heteroatoms. The third kappa shape index (κ3) is 6.44. The lowest BCUT2D eigenvalue weighted by Gasteiger charge is -2.16. The fourth-order valence-corrected chi connectivity index (χ4v) is 1.90. The van der Waals surface area contributed by atoms with Crippen LogP contribution in [0.25, 0.3) is 0 Å². The van der Waals surface area contributed by atoms with Gasteiger partial charge in [0.05, 0.1) is 0 Å². The van der Waals surface area contributed by atoms with Crippen molar-refractivity contribution < 1.29 is 0 Å². The fraction of sp³-hybridized carbons (Fsp3) is 0.444. The fourth-order valence-electron chi connectivity index (χ4n) is 1.90. The van der Waals surface area contributed by atoms with Crippen molar-refractivity contribution >= 4 is 0 Å². The van der Waals surface area contributed by atoms with E-state index in [-0.39, 0.29) is 0 Å². The van der Waals surface area contributed by atoms with Crippen LogP contribution in [0.3, 0.4) is 0 Å². The van der Waals surface area contributed by atoms with Gasteiger partial charge < -0.3 is 0 Å². The average molecular weight is 244 g/mol. The zero-order valence-electron chi connectivity index (χ0n) is 12.4. The van der Waals surface area contributed by atoms with Gasteiger partial charge in [0.25, 0.3) is 0 Å². The summed E-state index contributed by atoms with van der Waals surface area (Å²) in [5, 5.41) is 0. The van der Waals surface area contributed by atoms with E-state index in [0.717, 1.165) is 12.8 Å². The SMILES string of the molecule is C=C(/C=C\C)C(CC)C1=CCC=CC=C1.CCC. The van der Waals surface area contributed by atoms with Crippen molar-refractivity contribution in [3.63, 3.8) is 0 Å². The summed E-state index contributed by atoms with van der Waals surface area (Å²) in [7, 11) is 0. The average Bonchev–Trinajstić information content (AvgIpc) is 2.60. The van der Waals surface area contributed by atoms with E-state index in [1.54, 1.807) is 0 Å². The standard InChI is InChI=1S/C15H20.C3H8/c1-4-10-13(3)15(5-2)14-11-8-6-7-9-12-14;1-3-2/h4,6-8,10-12,15H,3,5,9H2,1-2H3;3H2,1-2H3/b10-4-;. The highest BCUT2D eigenvalue weighted by molar-refractivity contribution is 5.36. The molecule has 0 N–H and O–H groups in total.